The van der Waals surface area contributed by atoms with Crippen molar-refractivity contribution in [3.63, 3.8) is 0 Å². The summed E-state index contributed by atoms with van der Waals surface area (Å²) in [6.45, 7) is 0.164. The minimum atomic E-state index is -3.75. The number of hydrogen-bond acceptors (Lipinski definition) is 4. The Morgan fingerprint density at radius 2 is 1.87 bits per heavy atom. The predicted octanol–water partition coefficient (Wildman–Crippen LogP) is 1.41. The molecule has 0 aliphatic heterocycles. The zero-order chi connectivity index (χ0) is 17.0. The van der Waals surface area contributed by atoms with Crippen LogP contribution in [0.2, 0.25) is 0 Å². The zero-order valence-electron chi connectivity index (χ0n) is 12.2. The number of primary sulfonamides is 1. The maximum atomic E-state index is 13.6. The fourth-order valence-electron chi connectivity index (χ4n) is 1.89. The second-order valence-electron chi connectivity index (χ2n) is 4.72. The lowest BCUT2D eigenvalue weighted by atomic mass is 10.2. The third kappa shape index (κ3) is 4.27. The van der Waals surface area contributed by atoms with Gasteiger partial charge in [-0.1, -0.05) is 12.1 Å². The SMILES string of the molecule is COc1ccc(C(=O)NCc2ccc(S(N)(=O)=O)cc2)cc1F. The van der Waals surface area contributed by atoms with Gasteiger partial charge in [0.15, 0.2) is 11.6 Å². The molecule has 23 heavy (non-hydrogen) atoms. The smallest absolute Gasteiger partial charge is 0.251 e. The number of sulfonamides is 1. The van der Waals surface area contributed by atoms with Crippen LogP contribution in [0.4, 0.5) is 4.39 Å². The molecule has 2 aromatic rings. The first-order valence-corrected chi connectivity index (χ1v) is 8.09. The van der Waals surface area contributed by atoms with Gasteiger partial charge in [-0.2, -0.15) is 0 Å². The summed E-state index contributed by atoms with van der Waals surface area (Å²) in [5.41, 5.74) is 0.837. The van der Waals surface area contributed by atoms with Gasteiger partial charge in [0.2, 0.25) is 10.0 Å². The maximum absolute atomic E-state index is 13.6. The number of ether oxygens (including phenoxy) is 1. The van der Waals surface area contributed by atoms with Gasteiger partial charge in [0, 0.05) is 12.1 Å². The Morgan fingerprint density at radius 1 is 1.22 bits per heavy atom. The Morgan fingerprint density at radius 3 is 2.39 bits per heavy atom. The van der Waals surface area contributed by atoms with Crippen molar-refractivity contribution in [1.82, 2.24) is 5.32 Å². The minimum Gasteiger partial charge on any atom is -0.494 e. The van der Waals surface area contributed by atoms with E-state index in [1.807, 2.05) is 0 Å². The fourth-order valence-corrected chi connectivity index (χ4v) is 2.40. The fraction of sp³-hybridized carbons (Fsp3) is 0.133. The van der Waals surface area contributed by atoms with Gasteiger partial charge in [-0.15, -0.1) is 0 Å². The van der Waals surface area contributed by atoms with Crippen LogP contribution in [0.1, 0.15) is 15.9 Å². The highest BCUT2D eigenvalue weighted by Gasteiger charge is 2.10. The second kappa shape index (κ2) is 6.76. The molecular weight excluding hydrogens is 323 g/mol. The number of nitrogens with two attached hydrogens (primary N) is 1. The van der Waals surface area contributed by atoms with E-state index >= 15 is 0 Å². The van der Waals surface area contributed by atoms with E-state index < -0.39 is 21.7 Å². The van der Waals surface area contributed by atoms with Crippen LogP contribution in [-0.2, 0) is 16.6 Å². The number of benzene rings is 2. The van der Waals surface area contributed by atoms with Crippen LogP contribution < -0.4 is 15.2 Å². The van der Waals surface area contributed by atoms with Crippen LogP contribution in [-0.4, -0.2) is 21.4 Å². The first kappa shape index (κ1) is 16.9. The number of rotatable bonds is 5. The average Bonchev–Trinajstić information content (AvgIpc) is 2.52. The van der Waals surface area contributed by atoms with Crippen LogP contribution in [0.3, 0.4) is 0 Å². The minimum absolute atomic E-state index is 0.00944. The standard InChI is InChI=1S/C15H15FN2O4S/c1-22-14-7-4-11(8-13(14)16)15(19)18-9-10-2-5-12(6-3-10)23(17,20)21/h2-8H,9H2,1H3,(H,18,19)(H2,17,20,21). The predicted molar refractivity (Wildman–Crippen MR) is 81.9 cm³/mol. The van der Waals surface area contributed by atoms with Gasteiger partial charge in [-0.25, -0.2) is 17.9 Å². The molecular formula is C15H15FN2O4S. The number of hydrogen-bond donors (Lipinski definition) is 2. The summed E-state index contributed by atoms with van der Waals surface area (Å²) in [7, 11) is -2.41. The molecule has 0 heterocycles. The monoisotopic (exact) mass is 338 g/mol. The molecule has 0 fully saturated rings. The van der Waals surface area contributed by atoms with Gasteiger partial charge in [0.25, 0.3) is 5.91 Å². The molecule has 8 heteroatoms. The van der Waals surface area contributed by atoms with E-state index in [-0.39, 0.29) is 22.8 Å². The van der Waals surface area contributed by atoms with E-state index in [0.29, 0.717) is 5.56 Å². The largest absolute Gasteiger partial charge is 0.494 e. The molecule has 0 unspecified atom stereocenters. The molecule has 0 aliphatic carbocycles. The van der Waals surface area contributed by atoms with Gasteiger partial charge < -0.3 is 10.1 Å². The molecule has 0 aliphatic rings. The van der Waals surface area contributed by atoms with Crippen molar-refractivity contribution in [3.05, 3.63) is 59.4 Å². The summed E-state index contributed by atoms with van der Waals surface area (Å²) in [6.07, 6.45) is 0. The molecule has 0 saturated heterocycles. The van der Waals surface area contributed by atoms with Gasteiger partial charge in [0.1, 0.15) is 0 Å². The summed E-state index contributed by atoms with van der Waals surface area (Å²) in [5, 5.41) is 7.61. The number of carbonyl (C=O) groups excluding carboxylic acids is 1. The lowest BCUT2D eigenvalue weighted by Gasteiger charge is -2.07. The first-order chi connectivity index (χ1) is 10.8. The summed E-state index contributed by atoms with van der Waals surface area (Å²) in [4.78, 5) is 12.0. The molecule has 0 spiro atoms. The third-order valence-electron chi connectivity index (χ3n) is 3.12. The summed E-state index contributed by atoms with van der Waals surface area (Å²) < 4.78 is 40.6. The third-order valence-corrected chi connectivity index (χ3v) is 4.05. The second-order valence-corrected chi connectivity index (χ2v) is 6.28. The van der Waals surface area contributed by atoms with Crippen LogP contribution in [0, 0.1) is 5.82 Å². The normalized spacial score (nSPS) is 11.1. The Labute approximate surface area is 133 Å². The molecule has 0 atom stereocenters. The van der Waals surface area contributed by atoms with Crippen LogP contribution in [0.5, 0.6) is 5.75 Å². The van der Waals surface area contributed by atoms with Crippen molar-refractivity contribution in [3.8, 4) is 5.75 Å². The van der Waals surface area contributed by atoms with E-state index in [1.165, 1.54) is 43.5 Å². The maximum Gasteiger partial charge on any atom is 0.251 e. The average molecular weight is 338 g/mol. The quantitative estimate of drug-likeness (QED) is 0.861. The summed E-state index contributed by atoms with van der Waals surface area (Å²) in [5.74, 6) is -1.03. The molecule has 0 bridgehead atoms. The van der Waals surface area contributed by atoms with E-state index in [9.17, 15) is 17.6 Å². The van der Waals surface area contributed by atoms with Crippen molar-refractivity contribution in [2.75, 3.05) is 7.11 Å². The van der Waals surface area contributed by atoms with Crippen molar-refractivity contribution < 1.29 is 22.3 Å². The number of halogens is 1. The molecule has 2 aromatic carbocycles. The molecule has 2 rings (SSSR count). The number of carbonyl (C=O) groups is 1. The number of methoxy groups -OCH3 is 1. The van der Waals surface area contributed by atoms with Gasteiger partial charge >= 0.3 is 0 Å². The lowest BCUT2D eigenvalue weighted by Crippen LogP contribution is -2.23. The Balaban J connectivity index is 2.03. The molecule has 0 saturated carbocycles. The van der Waals surface area contributed by atoms with E-state index in [4.69, 9.17) is 9.88 Å². The van der Waals surface area contributed by atoms with Crippen molar-refractivity contribution >= 4 is 15.9 Å². The lowest BCUT2D eigenvalue weighted by molar-refractivity contribution is 0.0950. The molecule has 0 radical (unpaired) electrons. The molecule has 0 aromatic heterocycles. The Kier molecular flexibility index (Phi) is 4.97. The van der Waals surface area contributed by atoms with E-state index in [1.54, 1.807) is 0 Å². The van der Waals surface area contributed by atoms with E-state index in [0.717, 1.165) is 6.07 Å². The summed E-state index contributed by atoms with van der Waals surface area (Å²) in [6, 6.07) is 9.67. The Hall–Kier alpha value is -2.45. The van der Waals surface area contributed by atoms with E-state index in [2.05, 4.69) is 5.32 Å². The van der Waals surface area contributed by atoms with Gasteiger partial charge in [-0.3, -0.25) is 4.79 Å². The molecule has 3 N–H and O–H groups in total. The molecule has 6 nitrogen and oxygen atoms in total. The molecule has 1 amide bonds. The van der Waals surface area contributed by atoms with Crippen molar-refractivity contribution in [2.45, 2.75) is 11.4 Å². The van der Waals surface area contributed by atoms with Crippen LogP contribution in [0.15, 0.2) is 47.4 Å². The van der Waals surface area contributed by atoms with Crippen molar-refractivity contribution in [1.29, 1.82) is 0 Å². The van der Waals surface area contributed by atoms with Crippen molar-refractivity contribution in [2.24, 2.45) is 5.14 Å². The first-order valence-electron chi connectivity index (χ1n) is 6.55. The highest BCUT2D eigenvalue weighted by molar-refractivity contribution is 7.89. The van der Waals surface area contributed by atoms with Gasteiger partial charge in [-0.05, 0) is 35.9 Å². The number of amides is 1. The summed E-state index contributed by atoms with van der Waals surface area (Å²) >= 11 is 0. The number of nitrogens with one attached hydrogen (secondary N) is 1. The highest BCUT2D eigenvalue weighted by atomic mass is 32.2. The highest BCUT2D eigenvalue weighted by Crippen LogP contribution is 2.17. The topological polar surface area (TPSA) is 98.5 Å². The Bertz CT molecular complexity index is 820. The van der Waals surface area contributed by atoms with Gasteiger partial charge in [0.05, 0.1) is 12.0 Å². The van der Waals surface area contributed by atoms with Crippen LogP contribution >= 0.6 is 0 Å². The zero-order valence-corrected chi connectivity index (χ0v) is 13.1. The molecule has 122 valence electrons. The van der Waals surface area contributed by atoms with Crippen LogP contribution in [0.25, 0.3) is 0 Å².